The number of oxazole rings is 1. The van der Waals surface area contributed by atoms with E-state index in [2.05, 4.69) is 24.9 Å². The first kappa shape index (κ1) is 10.7. The summed E-state index contributed by atoms with van der Waals surface area (Å²) in [6.45, 7) is 4.14. The molecule has 0 spiro atoms. The topological polar surface area (TPSA) is 49.8 Å². The molecule has 1 heterocycles. The van der Waals surface area contributed by atoms with E-state index >= 15 is 0 Å². The van der Waals surface area contributed by atoms with Gasteiger partial charge >= 0.3 is 0 Å². The van der Waals surface area contributed by atoms with E-state index < -0.39 is 0 Å². The van der Waals surface area contributed by atoms with Crippen molar-refractivity contribution < 1.29 is 4.42 Å². The maximum absolute atomic E-state index is 9.05. The predicted octanol–water partition coefficient (Wildman–Crippen LogP) is 3.17. The van der Waals surface area contributed by atoms with Crippen LogP contribution in [0.3, 0.4) is 0 Å². The molecule has 3 nitrogen and oxygen atoms in total. The van der Waals surface area contributed by atoms with E-state index in [-0.39, 0.29) is 5.92 Å². The molecule has 0 saturated carbocycles. The molecule has 16 heavy (non-hydrogen) atoms. The van der Waals surface area contributed by atoms with Gasteiger partial charge in [-0.05, 0) is 30.0 Å². The van der Waals surface area contributed by atoms with Crippen LogP contribution in [0.1, 0.15) is 19.4 Å². The Hall–Kier alpha value is -1.82. The van der Waals surface area contributed by atoms with Gasteiger partial charge in [-0.1, -0.05) is 19.9 Å². The second-order valence-electron chi connectivity index (χ2n) is 4.34. The third-order valence-electron chi connectivity index (χ3n) is 2.82. The molecule has 82 valence electrons. The van der Waals surface area contributed by atoms with Crippen LogP contribution < -0.4 is 0 Å². The summed E-state index contributed by atoms with van der Waals surface area (Å²) in [6.07, 6.45) is 2.21. The maximum Gasteiger partial charge on any atom is 0.181 e. The van der Waals surface area contributed by atoms with E-state index in [0.717, 1.165) is 23.1 Å². The molecule has 0 bridgehead atoms. The van der Waals surface area contributed by atoms with Crippen molar-refractivity contribution in [2.75, 3.05) is 0 Å². The molecular weight excluding hydrogens is 200 g/mol. The van der Waals surface area contributed by atoms with Crippen molar-refractivity contribution in [2.45, 2.75) is 20.3 Å². The average Bonchev–Trinajstić information content (AvgIpc) is 2.72. The fourth-order valence-corrected chi connectivity index (χ4v) is 1.71. The third kappa shape index (κ3) is 2.06. The normalized spacial score (nSPS) is 12.9. The van der Waals surface area contributed by atoms with Crippen LogP contribution in [0, 0.1) is 23.2 Å². The summed E-state index contributed by atoms with van der Waals surface area (Å²) in [6, 6.07) is 8.26. The quantitative estimate of drug-likeness (QED) is 0.788. The number of rotatable bonds is 3. The summed E-state index contributed by atoms with van der Waals surface area (Å²) in [5.41, 5.74) is 2.78. The first-order valence-corrected chi connectivity index (χ1v) is 5.42. The van der Waals surface area contributed by atoms with Gasteiger partial charge in [0.15, 0.2) is 12.0 Å². The van der Waals surface area contributed by atoms with Crippen LogP contribution in [0.15, 0.2) is 29.0 Å². The van der Waals surface area contributed by atoms with Crippen molar-refractivity contribution in [1.82, 2.24) is 4.98 Å². The Balaban J connectivity index is 2.24. The zero-order chi connectivity index (χ0) is 11.5. The highest BCUT2D eigenvalue weighted by molar-refractivity contribution is 5.72. The van der Waals surface area contributed by atoms with Crippen LogP contribution in [0.4, 0.5) is 0 Å². The lowest BCUT2D eigenvalue weighted by molar-refractivity contribution is 0.474. The van der Waals surface area contributed by atoms with Crippen LogP contribution >= 0.6 is 0 Å². The molecule has 0 radical (unpaired) electrons. The molecular formula is C13H14N2O. The summed E-state index contributed by atoms with van der Waals surface area (Å²) < 4.78 is 5.24. The van der Waals surface area contributed by atoms with Crippen LogP contribution in [-0.4, -0.2) is 4.98 Å². The highest BCUT2D eigenvalue weighted by Gasteiger charge is 2.13. The summed E-state index contributed by atoms with van der Waals surface area (Å²) in [7, 11) is 0. The van der Waals surface area contributed by atoms with E-state index in [1.807, 2.05) is 18.2 Å². The minimum absolute atomic E-state index is 0.0559. The van der Waals surface area contributed by atoms with Gasteiger partial charge < -0.3 is 4.42 Å². The maximum atomic E-state index is 9.05. The van der Waals surface area contributed by atoms with Gasteiger partial charge in [-0.15, -0.1) is 0 Å². The van der Waals surface area contributed by atoms with Gasteiger partial charge in [-0.2, -0.15) is 5.26 Å². The number of nitriles is 1. The number of benzene rings is 1. The first-order chi connectivity index (χ1) is 7.70. The Labute approximate surface area is 94.7 Å². The van der Waals surface area contributed by atoms with Crippen LogP contribution in [0.5, 0.6) is 0 Å². The third-order valence-corrected chi connectivity index (χ3v) is 2.82. The first-order valence-electron chi connectivity index (χ1n) is 5.42. The molecule has 0 N–H and O–H groups in total. The van der Waals surface area contributed by atoms with Crippen molar-refractivity contribution in [1.29, 1.82) is 5.26 Å². The second kappa shape index (κ2) is 4.36. The second-order valence-corrected chi connectivity index (χ2v) is 4.34. The molecule has 0 saturated heterocycles. The largest absolute Gasteiger partial charge is 0.443 e. The smallest absolute Gasteiger partial charge is 0.181 e. The van der Waals surface area contributed by atoms with Gasteiger partial charge in [-0.25, -0.2) is 4.98 Å². The number of hydrogen-bond acceptors (Lipinski definition) is 3. The lowest BCUT2D eigenvalue weighted by Crippen LogP contribution is -2.09. The summed E-state index contributed by atoms with van der Waals surface area (Å²) in [4.78, 5) is 4.06. The van der Waals surface area contributed by atoms with Gasteiger partial charge in [0.1, 0.15) is 5.52 Å². The number of aromatic nitrogens is 1. The van der Waals surface area contributed by atoms with Crippen molar-refractivity contribution in [2.24, 2.45) is 11.8 Å². The molecule has 3 heteroatoms. The Morgan fingerprint density at radius 1 is 1.44 bits per heavy atom. The summed E-state index contributed by atoms with van der Waals surface area (Å²) in [5.74, 6) is 0.427. The molecule has 0 aliphatic heterocycles. The zero-order valence-electron chi connectivity index (χ0n) is 9.47. The highest BCUT2D eigenvalue weighted by Crippen LogP contribution is 2.20. The average molecular weight is 214 g/mol. The van der Waals surface area contributed by atoms with Crippen LogP contribution in [-0.2, 0) is 6.42 Å². The lowest BCUT2D eigenvalue weighted by atomic mass is 9.90. The molecule has 2 rings (SSSR count). The molecule has 2 aromatic rings. The fraction of sp³-hybridized carbons (Fsp3) is 0.385. The molecule has 0 aliphatic carbocycles. The molecule has 0 fully saturated rings. The minimum atomic E-state index is 0.0559. The Bertz CT molecular complexity index is 522. The van der Waals surface area contributed by atoms with Crippen molar-refractivity contribution in [3.63, 3.8) is 0 Å². The minimum Gasteiger partial charge on any atom is -0.443 e. The Kier molecular flexibility index (Phi) is 2.91. The summed E-state index contributed by atoms with van der Waals surface area (Å²) in [5, 5.41) is 9.05. The molecule has 0 amide bonds. The Morgan fingerprint density at radius 3 is 2.94 bits per heavy atom. The zero-order valence-corrected chi connectivity index (χ0v) is 9.47. The van der Waals surface area contributed by atoms with E-state index in [4.69, 9.17) is 9.68 Å². The fourth-order valence-electron chi connectivity index (χ4n) is 1.71. The predicted molar refractivity (Wildman–Crippen MR) is 61.7 cm³/mol. The molecule has 1 unspecified atom stereocenters. The highest BCUT2D eigenvalue weighted by atomic mass is 16.3. The summed E-state index contributed by atoms with van der Waals surface area (Å²) >= 11 is 0. The van der Waals surface area contributed by atoms with Gasteiger partial charge in [0.2, 0.25) is 0 Å². The molecule has 1 atom stereocenters. The van der Waals surface area contributed by atoms with Gasteiger partial charge in [-0.3, -0.25) is 0 Å². The van der Waals surface area contributed by atoms with E-state index in [9.17, 15) is 0 Å². The van der Waals surface area contributed by atoms with Gasteiger partial charge in [0.25, 0.3) is 0 Å². The molecule has 1 aromatic carbocycles. The standard InChI is InChI=1S/C13H14N2O/c1-9(2)11(7-14)5-10-3-4-12-13(6-10)16-8-15-12/h3-4,6,8-9,11H,5H2,1-2H3. The van der Waals surface area contributed by atoms with E-state index in [1.54, 1.807) is 0 Å². The van der Waals surface area contributed by atoms with Crippen molar-refractivity contribution in [3.05, 3.63) is 30.2 Å². The van der Waals surface area contributed by atoms with Crippen LogP contribution in [0.25, 0.3) is 11.1 Å². The number of hydrogen-bond donors (Lipinski definition) is 0. The van der Waals surface area contributed by atoms with Crippen molar-refractivity contribution >= 4 is 11.1 Å². The number of fused-ring (bicyclic) bond motifs is 1. The monoisotopic (exact) mass is 214 g/mol. The van der Waals surface area contributed by atoms with E-state index in [0.29, 0.717) is 5.92 Å². The van der Waals surface area contributed by atoms with E-state index in [1.165, 1.54) is 6.39 Å². The van der Waals surface area contributed by atoms with Gasteiger partial charge in [0.05, 0.1) is 12.0 Å². The number of nitrogens with zero attached hydrogens (tertiary/aromatic N) is 2. The lowest BCUT2D eigenvalue weighted by Gasteiger charge is -2.12. The van der Waals surface area contributed by atoms with Gasteiger partial charge in [0, 0.05) is 0 Å². The van der Waals surface area contributed by atoms with Crippen molar-refractivity contribution in [3.8, 4) is 6.07 Å². The Morgan fingerprint density at radius 2 is 2.25 bits per heavy atom. The molecule has 0 aliphatic rings. The van der Waals surface area contributed by atoms with Crippen LogP contribution in [0.2, 0.25) is 0 Å². The molecule has 1 aromatic heterocycles. The SMILES string of the molecule is CC(C)C(C#N)Cc1ccc2ncoc2c1.